The highest BCUT2D eigenvalue weighted by atomic mass is 79.9. The first-order chi connectivity index (χ1) is 12.5. The Hall–Kier alpha value is -0.940. The third-order valence-electron chi connectivity index (χ3n) is 3.32. The molecule has 2 aromatic rings. The second-order valence-electron chi connectivity index (χ2n) is 5.70. The first-order valence-corrected chi connectivity index (χ1v) is 10.9. The summed E-state index contributed by atoms with van der Waals surface area (Å²) in [7, 11) is -0.684. The standard InChI is InChI=1S/C16H15Br2ClF2N2O3S/c1-23(2)5-6-26-13-7-9(3-4-11(13)19)22-27(24,25)16-14(18)12(20)8-10(17)15(16)21/h3-4,7-8,22H,5-6H2,1-2H3. The molecule has 0 saturated heterocycles. The Labute approximate surface area is 178 Å². The van der Waals surface area contributed by atoms with Gasteiger partial charge in [-0.1, -0.05) is 11.6 Å². The van der Waals surface area contributed by atoms with Gasteiger partial charge in [-0.15, -0.1) is 0 Å². The van der Waals surface area contributed by atoms with Crippen molar-refractivity contribution in [1.29, 1.82) is 0 Å². The molecule has 0 saturated carbocycles. The van der Waals surface area contributed by atoms with Crippen LogP contribution in [0.15, 0.2) is 38.1 Å². The van der Waals surface area contributed by atoms with Crippen LogP contribution in [0.4, 0.5) is 14.5 Å². The van der Waals surface area contributed by atoms with E-state index in [0.717, 1.165) is 6.07 Å². The number of hydrogen-bond donors (Lipinski definition) is 1. The topological polar surface area (TPSA) is 58.6 Å². The minimum Gasteiger partial charge on any atom is -0.491 e. The van der Waals surface area contributed by atoms with Crippen LogP contribution in [0.2, 0.25) is 5.02 Å². The number of halogens is 5. The van der Waals surface area contributed by atoms with Crippen molar-refractivity contribution in [3.8, 4) is 5.75 Å². The van der Waals surface area contributed by atoms with Crippen molar-refractivity contribution in [1.82, 2.24) is 4.90 Å². The van der Waals surface area contributed by atoms with E-state index in [1.54, 1.807) is 0 Å². The Bertz CT molecular complexity index is 933. The van der Waals surface area contributed by atoms with Crippen LogP contribution in [0.5, 0.6) is 5.75 Å². The maximum absolute atomic E-state index is 14.3. The molecule has 0 fully saturated rings. The smallest absolute Gasteiger partial charge is 0.266 e. The molecule has 27 heavy (non-hydrogen) atoms. The SMILES string of the molecule is CN(C)CCOc1cc(NS(=O)(=O)c2c(F)c(Br)cc(F)c2Br)ccc1Cl. The van der Waals surface area contributed by atoms with Gasteiger partial charge >= 0.3 is 0 Å². The number of rotatable bonds is 7. The second kappa shape index (κ2) is 9.04. The fourth-order valence-corrected chi connectivity index (χ4v) is 4.86. The summed E-state index contributed by atoms with van der Waals surface area (Å²) in [4.78, 5) is 1.06. The number of anilines is 1. The number of hydrogen-bond acceptors (Lipinski definition) is 4. The Balaban J connectivity index is 2.34. The van der Waals surface area contributed by atoms with Crippen LogP contribution in [0.25, 0.3) is 0 Å². The summed E-state index contributed by atoms with van der Waals surface area (Å²) in [5.74, 6) is -1.78. The van der Waals surface area contributed by atoms with Crippen LogP contribution < -0.4 is 9.46 Å². The average Bonchev–Trinajstić information content (AvgIpc) is 2.55. The molecule has 0 amide bonds. The van der Waals surface area contributed by atoms with Crippen LogP contribution in [0.3, 0.4) is 0 Å². The van der Waals surface area contributed by atoms with E-state index in [-0.39, 0.29) is 20.9 Å². The molecule has 2 rings (SSSR count). The van der Waals surface area contributed by atoms with Crippen LogP contribution in [0.1, 0.15) is 0 Å². The van der Waals surface area contributed by atoms with Gasteiger partial charge in [-0.2, -0.15) is 0 Å². The van der Waals surface area contributed by atoms with Gasteiger partial charge in [0, 0.05) is 12.6 Å². The molecule has 0 bridgehead atoms. The van der Waals surface area contributed by atoms with Gasteiger partial charge in [-0.05, 0) is 64.2 Å². The quantitative estimate of drug-likeness (QED) is 0.501. The van der Waals surface area contributed by atoms with E-state index in [0.29, 0.717) is 13.2 Å². The normalized spacial score (nSPS) is 11.7. The van der Waals surface area contributed by atoms with Crippen LogP contribution in [-0.4, -0.2) is 40.6 Å². The zero-order valence-corrected chi connectivity index (χ0v) is 18.9. The lowest BCUT2D eigenvalue weighted by molar-refractivity contribution is 0.261. The van der Waals surface area contributed by atoms with Crippen LogP contribution >= 0.6 is 43.5 Å². The fraction of sp³-hybridized carbons (Fsp3) is 0.250. The van der Waals surface area contributed by atoms with Gasteiger partial charge in [-0.3, -0.25) is 4.72 Å². The Kier molecular flexibility index (Phi) is 7.48. The average molecular weight is 549 g/mol. The lowest BCUT2D eigenvalue weighted by Gasteiger charge is -2.15. The molecule has 0 aliphatic rings. The lowest BCUT2D eigenvalue weighted by atomic mass is 10.3. The lowest BCUT2D eigenvalue weighted by Crippen LogP contribution is -2.19. The number of likely N-dealkylation sites (N-methyl/N-ethyl adjacent to an activating group) is 1. The van der Waals surface area contributed by atoms with Crippen LogP contribution in [-0.2, 0) is 10.0 Å². The molecule has 0 heterocycles. The van der Waals surface area contributed by atoms with Crippen molar-refractivity contribution in [2.24, 2.45) is 0 Å². The van der Waals surface area contributed by atoms with E-state index >= 15 is 0 Å². The number of nitrogens with zero attached hydrogens (tertiary/aromatic N) is 1. The zero-order chi connectivity index (χ0) is 20.4. The third kappa shape index (κ3) is 5.54. The predicted molar refractivity (Wildman–Crippen MR) is 108 cm³/mol. The van der Waals surface area contributed by atoms with E-state index in [1.807, 2.05) is 19.0 Å². The zero-order valence-electron chi connectivity index (χ0n) is 14.2. The van der Waals surface area contributed by atoms with Gasteiger partial charge in [-0.25, -0.2) is 17.2 Å². The van der Waals surface area contributed by atoms with Crippen molar-refractivity contribution in [2.75, 3.05) is 32.0 Å². The molecule has 0 aliphatic carbocycles. The molecule has 5 nitrogen and oxygen atoms in total. The predicted octanol–water partition coefficient (Wildman–Crippen LogP) is 4.88. The van der Waals surface area contributed by atoms with Crippen molar-refractivity contribution < 1.29 is 21.9 Å². The highest BCUT2D eigenvalue weighted by Gasteiger charge is 2.27. The molecule has 0 atom stereocenters. The maximum Gasteiger partial charge on any atom is 0.266 e. The van der Waals surface area contributed by atoms with Gasteiger partial charge in [0.1, 0.15) is 23.1 Å². The first-order valence-electron chi connectivity index (χ1n) is 7.46. The number of sulfonamides is 1. The van der Waals surface area contributed by atoms with E-state index < -0.39 is 31.0 Å². The molecule has 2 aromatic carbocycles. The van der Waals surface area contributed by atoms with Crippen molar-refractivity contribution in [3.63, 3.8) is 0 Å². The molecular formula is C16H15Br2ClF2N2O3S. The van der Waals surface area contributed by atoms with Gasteiger partial charge in [0.15, 0.2) is 5.82 Å². The maximum atomic E-state index is 14.3. The first kappa shape index (κ1) is 22.4. The summed E-state index contributed by atoms with van der Waals surface area (Å²) < 4.78 is 60.3. The summed E-state index contributed by atoms with van der Waals surface area (Å²) >= 11 is 11.6. The Morgan fingerprint density at radius 2 is 1.89 bits per heavy atom. The van der Waals surface area contributed by atoms with E-state index in [4.69, 9.17) is 16.3 Å². The number of ether oxygens (including phenoxy) is 1. The summed E-state index contributed by atoms with van der Waals surface area (Å²) in [6, 6.07) is 5.03. The number of nitrogens with one attached hydrogen (secondary N) is 1. The highest BCUT2D eigenvalue weighted by molar-refractivity contribution is 9.11. The monoisotopic (exact) mass is 546 g/mol. The number of benzene rings is 2. The molecule has 1 N–H and O–H groups in total. The Morgan fingerprint density at radius 3 is 2.52 bits per heavy atom. The largest absolute Gasteiger partial charge is 0.491 e. The fourth-order valence-electron chi connectivity index (χ4n) is 2.01. The van der Waals surface area contributed by atoms with E-state index in [2.05, 4.69) is 36.6 Å². The van der Waals surface area contributed by atoms with Crippen molar-refractivity contribution in [2.45, 2.75) is 4.90 Å². The molecule has 0 radical (unpaired) electrons. The van der Waals surface area contributed by atoms with E-state index in [9.17, 15) is 17.2 Å². The molecule has 0 unspecified atom stereocenters. The highest BCUT2D eigenvalue weighted by Crippen LogP contribution is 2.35. The third-order valence-corrected chi connectivity index (χ3v) is 6.67. The molecular weight excluding hydrogens is 534 g/mol. The summed E-state index contributed by atoms with van der Waals surface area (Å²) in [6.45, 7) is 0.960. The molecule has 0 aromatic heterocycles. The minimum absolute atomic E-state index is 0.0888. The van der Waals surface area contributed by atoms with Gasteiger partial charge in [0.05, 0.1) is 19.7 Å². The summed E-state index contributed by atoms with van der Waals surface area (Å²) in [5, 5.41) is 0.289. The second-order valence-corrected chi connectivity index (χ2v) is 9.37. The Morgan fingerprint density at radius 1 is 1.22 bits per heavy atom. The summed E-state index contributed by atoms with van der Waals surface area (Å²) in [5.41, 5.74) is 0.0888. The molecule has 11 heteroatoms. The van der Waals surface area contributed by atoms with Gasteiger partial charge < -0.3 is 9.64 Å². The van der Waals surface area contributed by atoms with Crippen molar-refractivity contribution in [3.05, 3.63) is 49.9 Å². The van der Waals surface area contributed by atoms with E-state index in [1.165, 1.54) is 18.2 Å². The van der Waals surface area contributed by atoms with Crippen LogP contribution in [0, 0.1) is 11.6 Å². The molecule has 0 spiro atoms. The molecule has 0 aliphatic heterocycles. The van der Waals surface area contributed by atoms with Crippen molar-refractivity contribution >= 4 is 59.2 Å². The summed E-state index contributed by atoms with van der Waals surface area (Å²) in [6.07, 6.45) is 0. The molecule has 148 valence electrons. The van der Waals surface area contributed by atoms with Gasteiger partial charge in [0.25, 0.3) is 10.0 Å². The van der Waals surface area contributed by atoms with Gasteiger partial charge in [0.2, 0.25) is 0 Å². The minimum atomic E-state index is -4.43.